The van der Waals surface area contributed by atoms with Crippen LogP contribution in [0.2, 0.25) is 0 Å². The monoisotopic (exact) mass is 341 g/mol. The van der Waals surface area contributed by atoms with Crippen LogP contribution in [0.5, 0.6) is 5.75 Å². The van der Waals surface area contributed by atoms with Gasteiger partial charge in [-0.15, -0.1) is 0 Å². The third-order valence-corrected chi connectivity index (χ3v) is 4.72. The first-order valence-corrected chi connectivity index (χ1v) is 9.15. The Bertz CT molecular complexity index is 642. The summed E-state index contributed by atoms with van der Waals surface area (Å²) in [5, 5.41) is 10.5. The van der Waals surface area contributed by atoms with Gasteiger partial charge in [0.25, 0.3) is 0 Å². The van der Waals surface area contributed by atoms with Gasteiger partial charge in [0.05, 0.1) is 0 Å². The molecule has 1 N–H and O–H groups in total. The number of aliphatic hydroxyl groups excluding tert-OH is 1. The summed E-state index contributed by atoms with van der Waals surface area (Å²) in [6.45, 7) is 10.4. The van der Waals surface area contributed by atoms with E-state index in [1.807, 2.05) is 30.3 Å². The van der Waals surface area contributed by atoms with E-state index in [2.05, 4.69) is 50.8 Å². The van der Waals surface area contributed by atoms with Crippen LogP contribution in [0, 0.1) is 13.8 Å². The predicted molar refractivity (Wildman–Crippen MR) is 104 cm³/mol. The van der Waals surface area contributed by atoms with Crippen molar-refractivity contribution < 1.29 is 9.84 Å². The molecule has 2 aromatic carbocycles. The Hall–Kier alpha value is -1.84. The molecule has 0 heterocycles. The Morgan fingerprint density at radius 1 is 1.08 bits per heavy atom. The van der Waals surface area contributed by atoms with E-state index in [9.17, 15) is 5.11 Å². The highest BCUT2D eigenvalue weighted by molar-refractivity contribution is 5.30. The number of hydrogen-bond acceptors (Lipinski definition) is 3. The molecule has 0 saturated carbocycles. The van der Waals surface area contributed by atoms with Crippen LogP contribution < -0.4 is 4.74 Å². The van der Waals surface area contributed by atoms with Gasteiger partial charge in [0.1, 0.15) is 18.5 Å². The minimum absolute atomic E-state index is 0.309. The molecule has 0 radical (unpaired) electrons. The van der Waals surface area contributed by atoms with E-state index in [0.29, 0.717) is 19.2 Å². The van der Waals surface area contributed by atoms with Crippen molar-refractivity contribution in [2.24, 2.45) is 0 Å². The summed E-state index contributed by atoms with van der Waals surface area (Å²) in [6, 6.07) is 16.6. The Labute approximate surface area is 152 Å². The highest BCUT2D eigenvalue weighted by Crippen LogP contribution is 2.17. The van der Waals surface area contributed by atoms with E-state index in [0.717, 1.165) is 18.7 Å². The van der Waals surface area contributed by atoms with Gasteiger partial charge in [0.15, 0.2) is 0 Å². The average molecular weight is 341 g/mol. The number of nitrogens with zero attached hydrogens (tertiary/aromatic N) is 1. The first-order chi connectivity index (χ1) is 12.0. The molecule has 2 atom stereocenters. The van der Waals surface area contributed by atoms with Gasteiger partial charge in [0.2, 0.25) is 0 Å². The van der Waals surface area contributed by atoms with Crippen LogP contribution in [-0.4, -0.2) is 35.3 Å². The molecule has 2 rings (SSSR count). The SMILES string of the molecule is CC[C@H](C)N(Cc1cc(C)ccc1C)C[C@@H](O)COc1ccccc1. The van der Waals surface area contributed by atoms with Gasteiger partial charge >= 0.3 is 0 Å². The molecule has 0 amide bonds. The van der Waals surface area contributed by atoms with E-state index in [4.69, 9.17) is 4.74 Å². The fourth-order valence-corrected chi connectivity index (χ4v) is 2.88. The van der Waals surface area contributed by atoms with Crippen LogP contribution in [0.15, 0.2) is 48.5 Å². The van der Waals surface area contributed by atoms with Crippen molar-refractivity contribution in [2.75, 3.05) is 13.2 Å². The van der Waals surface area contributed by atoms with Crippen LogP contribution in [0.3, 0.4) is 0 Å². The number of aliphatic hydroxyl groups is 1. The molecule has 2 aromatic rings. The molecule has 136 valence electrons. The summed E-state index contributed by atoms with van der Waals surface area (Å²) < 4.78 is 5.70. The number of ether oxygens (including phenoxy) is 1. The molecule has 0 unspecified atom stereocenters. The summed E-state index contributed by atoms with van der Waals surface area (Å²) in [5.74, 6) is 0.797. The van der Waals surface area contributed by atoms with E-state index in [1.54, 1.807) is 0 Å². The van der Waals surface area contributed by atoms with Crippen molar-refractivity contribution >= 4 is 0 Å². The number of hydrogen-bond donors (Lipinski definition) is 1. The summed E-state index contributed by atoms with van der Waals surface area (Å²) in [5.41, 5.74) is 3.91. The maximum atomic E-state index is 10.5. The number of rotatable bonds is 9. The van der Waals surface area contributed by atoms with Gasteiger partial charge in [-0.2, -0.15) is 0 Å². The molecule has 0 bridgehead atoms. The second-order valence-electron chi connectivity index (χ2n) is 6.89. The number of para-hydroxylation sites is 1. The van der Waals surface area contributed by atoms with E-state index in [1.165, 1.54) is 16.7 Å². The lowest BCUT2D eigenvalue weighted by molar-refractivity contribution is 0.0505. The standard InChI is InChI=1S/C22H31NO2/c1-5-19(4)23(14-20-13-17(2)11-12-18(20)3)15-21(24)16-25-22-9-7-6-8-10-22/h6-13,19,21,24H,5,14-16H2,1-4H3/t19-,21+/m0/s1. The minimum Gasteiger partial charge on any atom is -0.491 e. The molecule has 25 heavy (non-hydrogen) atoms. The zero-order chi connectivity index (χ0) is 18.2. The quantitative estimate of drug-likeness (QED) is 0.736. The fourth-order valence-electron chi connectivity index (χ4n) is 2.88. The van der Waals surface area contributed by atoms with E-state index >= 15 is 0 Å². The molecule has 0 saturated heterocycles. The average Bonchev–Trinajstić information content (AvgIpc) is 2.62. The summed E-state index contributed by atoms with van der Waals surface area (Å²) in [6.07, 6.45) is 0.538. The van der Waals surface area contributed by atoms with Crippen LogP contribution in [0.25, 0.3) is 0 Å². The highest BCUT2D eigenvalue weighted by atomic mass is 16.5. The third kappa shape index (κ3) is 6.18. The van der Waals surface area contributed by atoms with Gasteiger partial charge in [0, 0.05) is 19.1 Å². The van der Waals surface area contributed by atoms with Crippen LogP contribution in [0.4, 0.5) is 0 Å². The molecule has 0 aliphatic heterocycles. The number of aryl methyl sites for hydroxylation is 2. The largest absolute Gasteiger partial charge is 0.491 e. The van der Waals surface area contributed by atoms with Crippen molar-refractivity contribution in [1.29, 1.82) is 0 Å². The second-order valence-corrected chi connectivity index (χ2v) is 6.89. The lowest BCUT2D eigenvalue weighted by Gasteiger charge is -2.31. The highest BCUT2D eigenvalue weighted by Gasteiger charge is 2.18. The topological polar surface area (TPSA) is 32.7 Å². The van der Waals surface area contributed by atoms with E-state index in [-0.39, 0.29) is 0 Å². The summed E-state index contributed by atoms with van der Waals surface area (Å²) in [7, 11) is 0. The zero-order valence-corrected chi connectivity index (χ0v) is 15.9. The lowest BCUT2D eigenvalue weighted by Crippen LogP contribution is -2.40. The van der Waals surface area contributed by atoms with Crippen molar-refractivity contribution in [3.05, 3.63) is 65.2 Å². The lowest BCUT2D eigenvalue weighted by atomic mass is 10.0. The molecule has 0 aromatic heterocycles. The summed E-state index contributed by atoms with van der Waals surface area (Å²) in [4.78, 5) is 2.35. The first-order valence-electron chi connectivity index (χ1n) is 9.15. The normalized spacial score (nSPS) is 13.7. The smallest absolute Gasteiger partial charge is 0.119 e. The zero-order valence-electron chi connectivity index (χ0n) is 15.9. The Balaban J connectivity index is 1.98. The molecule has 0 fully saturated rings. The molecular weight excluding hydrogens is 310 g/mol. The maximum Gasteiger partial charge on any atom is 0.119 e. The summed E-state index contributed by atoms with van der Waals surface area (Å²) >= 11 is 0. The Morgan fingerprint density at radius 2 is 1.80 bits per heavy atom. The van der Waals surface area contributed by atoms with Gasteiger partial charge in [-0.1, -0.05) is 48.9 Å². The van der Waals surface area contributed by atoms with E-state index < -0.39 is 6.10 Å². The Morgan fingerprint density at radius 3 is 2.48 bits per heavy atom. The molecule has 0 aliphatic carbocycles. The predicted octanol–water partition coefficient (Wildman–Crippen LogP) is 4.34. The molecule has 0 aliphatic rings. The van der Waals surface area contributed by atoms with Crippen LogP contribution in [0.1, 0.15) is 37.0 Å². The fraction of sp³-hybridized carbons (Fsp3) is 0.455. The van der Waals surface area contributed by atoms with Gasteiger partial charge in [-0.05, 0) is 50.5 Å². The molecular formula is C22H31NO2. The number of benzene rings is 2. The first kappa shape index (κ1) is 19.5. The van der Waals surface area contributed by atoms with Crippen LogP contribution in [-0.2, 0) is 6.54 Å². The Kier molecular flexibility index (Phi) is 7.48. The van der Waals surface area contributed by atoms with Crippen molar-refractivity contribution in [2.45, 2.75) is 52.8 Å². The third-order valence-electron chi connectivity index (χ3n) is 4.72. The van der Waals surface area contributed by atoms with Crippen molar-refractivity contribution in [3.8, 4) is 5.75 Å². The maximum absolute atomic E-state index is 10.5. The van der Waals surface area contributed by atoms with Crippen LogP contribution >= 0.6 is 0 Å². The molecule has 3 nitrogen and oxygen atoms in total. The second kappa shape index (κ2) is 9.59. The molecule has 3 heteroatoms. The van der Waals surface area contributed by atoms with Gasteiger partial charge in [-0.25, -0.2) is 0 Å². The van der Waals surface area contributed by atoms with Gasteiger partial charge < -0.3 is 9.84 Å². The van der Waals surface area contributed by atoms with Crippen molar-refractivity contribution in [1.82, 2.24) is 4.90 Å². The van der Waals surface area contributed by atoms with Gasteiger partial charge in [-0.3, -0.25) is 4.90 Å². The van der Waals surface area contributed by atoms with Crippen molar-refractivity contribution in [3.63, 3.8) is 0 Å². The molecule has 0 spiro atoms. The minimum atomic E-state index is -0.515.